The van der Waals surface area contributed by atoms with E-state index in [4.69, 9.17) is 4.98 Å². The molecule has 0 saturated carbocycles. The molecule has 0 aliphatic carbocycles. The van der Waals surface area contributed by atoms with Gasteiger partial charge in [-0.05, 0) is 74.2 Å². The maximum Gasteiger partial charge on any atom is 0.416 e. The first-order chi connectivity index (χ1) is 23.3. The first kappa shape index (κ1) is 34.4. The molecule has 14 heteroatoms. The number of aryl methyl sites for hydroxylation is 2. The third-order valence-corrected chi connectivity index (χ3v) is 11.0. The molecule has 0 unspecified atom stereocenters. The van der Waals surface area contributed by atoms with Gasteiger partial charge in [0.25, 0.3) is 0 Å². The van der Waals surface area contributed by atoms with Gasteiger partial charge in [-0.2, -0.15) is 17.5 Å². The fourth-order valence-corrected chi connectivity index (χ4v) is 8.25. The summed E-state index contributed by atoms with van der Waals surface area (Å²) in [7, 11) is -4.14. The Bertz CT molecular complexity index is 1950. The third-order valence-electron chi connectivity index (χ3n) is 8.97. The van der Waals surface area contributed by atoms with Crippen LogP contribution < -0.4 is 9.80 Å². The molecule has 2 fully saturated rings. The van der Waals surface area contributed by atoms with Gasteiger partial charge in [-0.1, -0.05) is 30.3 Å². The predicted octanol–water partition coefficient (Wildman–Crippen LogP) is 6.43. The number of hydrogen-bond donors (Lipinski definition) is 0. The molecule has 2 aliphatic rings. The Hall–Kier alpha value is -4.43. The number of halogens is 5. The summed E-state index contributed by atoms with van der Waals surface area (Å²) in [5.74, 6) is -1.02. The largest absolute Gasteiger partial charge is 0.416 e. The average molecular weight is 700 g/mol. The van der Waals surface area contributed by atoms with Gasteiger partial charge in [0.2, 0.25) is 16.0 Å². The second-order valence-electron chi connectivity index (χ2n) is 12.2. The quantitative estimate of drug-likeness (QED) is 0.186. The number of Topliss-reactive ketones (excluding diaryl/α,β-unsaturated/α-hetero) is 1. The minimum Gasteiger partial charge on any atom is -0.366 e. The standard InChI is InChI=1S/C35H34F5N5O3S/c1-23-8-13-26(36)21-33(23)49(47,48)45-16-4-7-31(45)32(46)15-14-27-22-29(24-9-11-25(12-10-24)35(38,39)40)42-34(41-27)44-19-17-43(18-20-44)30-6-3-2-5-28(30)37/h2-3,5-6,8-13,21-22,31H,4,7,14-20H2,1H3/t31-/m0/s1. The number of piperazine rings is 1. The fourth-order valence-electron chi connectivity index (χ4n) is 6.33. The summed E-state index contributed by atoms with van der Waals surface area (Å²) in [6.07, 6.45) is -3.64. The van der Waals surface area contributed by atoms with E-state index in [1.54, 1.807) is 31.2 Å². The van der Waals surface area contributed by atoms with Crippen LogP contribution in [-0.4, -0.2) is 67.2 Å². The van der Waals surface area contributed by atoms with Crippen molar-refractivity contribution in [2.45, 2.75) is 49.7 Å². The van der Waals surface area contributed by atoms with Gasteiger partial charge in [0, 0.05) is 50.4 Å². The molecule has 4 aromatic rings. The van der Waals surface area contributed by atoms with E-state index in [0.717, 1.165) is 22.5 Å². The zero-order valence-electron chi connectivity index (χ0n) is 26.6. The summed E-state index contributed by atoms with van der Waals surface area (Å²) in [6, 6.07) is 15.3. The summed E-state index contributed by atoms with van der Waals surface area (Å²) in [6.45, 7) is 3.52. The molecule has 0 radical (unpaired) electrons. The van der Waals surface area contributed by atoms with Gasteiger partial charge >= 0.3 is 6.18 Å². The maximum atomic E-state index is 14.4. The summed E-state index contributed by atoms with van der Waals surface area (Å²) < 4.78 is 96.4. The third kappa shape index (κ3) is 7.44. The van der Waals surface area contributed by atoms with Crippen molar-refractivity contribution < 1.29 is 35.2 Å². The van der Waals surface area contributed by atoms with E-state index in [9.17, 15) is 35.2 Å². The molecular formula is C35H34F5N5O3S. The van der Waals surface area contributed by atoms with Crippen LogP contribution in [0.4, 0.5) is 33.6 Å². The molecule has 0 amide bonds. The molecule has 258 valence electrons. The minimum atomic E-state index is -4.51. The van der Waals surface area contributed by atoms with Gasteiger partial charge in [0.15, 0.2) is 5.78 Å². The maximum absolute atomic E-state index is 14.4. The van der Waals surface area contributed by atoms with Crippen molar-refractivity contribution in [1.82, 2.24) is 14.3 Å². The SMILES string of the molecule is Cc1ccc(F)cc1S(=O)(=O)N1CCC[C@H]1C(=O)CCc1cc(-c2ccc(C(F)(F)F)cc2)nc(N2CCN(c3ccccc3F)CC2)n1. The number of aromatic nitrogens is 2. The van der Waals surface area contributed by atoms with E-state index in [-0.39, 0.29) is 35.9 Å². The normalized spacial score (nSPS) is 17.5. The van der Waals surface area contributed by atoms with Crippen LogP contribution >= 0.6 is 0 Å². The van der Waals surface area contributed by atoms with Crippen molar-refractivity contribution in [3.63, 3.8) is 0 Å². The Morgan fingerprint density at radius 2 is 1.57 bits per heavy atom. The summed E-state index contributed by atoms with van der Waals surface area (Å²) in [4.78, 5) is 26.6. The molecule has 3 heterocycles. The lowest BCUT2D eigenvalue weighted by atomic mass is 10.0. The molecular weight excluding hydrogens is 665 g/mol. The molecule has 0 bridgehead atoms. The zero-order valence-corrected chi connectivity index (χ0v) is 27.4. The van der Waals surface area contributed by atoms with Crippen LogP contribution in [0.25, 0.3) is 11.3 Å². The average Bonchev–Trinajstić information content (AvgIpc) is 3.60. The van der Waals surface area contributed by atoms with E-state index in [1.807, 2.05) is 9.80 Å². The Balaban J connectivity index is 1.23. The topological polar surface area (TPSA) is 86.7 Å². The summed E-state index contributed by atoms with van der Waals surface area (Å²) in [5, 5.41) is 0. The Morgan fingerprint density at radius 1 is 0.878 bits per heavy atom. The predicted molar refractivity (Wildman–Crippen MR) is 175 cm³/mol. The first-order valence-corrected chi connectivity index (χ1v) is 17.4. The molecule has 3 aromatic carbocycles. The number of carbonyl (C=O) groups excluding carboxylic acids is 1. The molecule has 1 aromatic heterocycles. The highest BCUT2D eigenvalue weighted by Crippen LogP contribution is 2.33. The number of carbonyl (C=O) groups is 1. The second-order valence-corrected chi connectivity index (χ2v) is 14.1. The van der Waals surface area contributed by atoms with E-state index in [1.165, 1.54) is 30.3 Å². The van der Waals surface area contributed by atoms with Crippen molar-refractivity contribution in [3.8, 4) is 11.3 Å². The summed E-state index contributed by atoms with van der Waals surface area (Å²) in [5.41, 5.74) is 1.30. The number of hydrogen-bond acceptors (Lipinski definition) is 7. The van der Waals surface area contributed by atoms with Gasteiger partial charge in [-0.3, -0.25) is 4.79 Å². The minimum absolute atomic E-state index is 0.0528. The number of alkyl halides is 3. The van der Waals surface area contributed by atoms with E-state index < -0.39 is 33.6 Å². The number of sulfonamides is 1. The van der Waals surface area contributed by atoms with Crippen molar-refractivity contribution in [2.24, 2.45) is 0 Å². The van der Waals surface area contributed by atoms with Crippen LogP contribution in [0, 0.1) is 18.6 Å². The molecule has 6 rings (SSSR count). The fraction of sp³-hybridized carbons (Fsp3) is 0.343. The number of anilines is 2. The van der Waals surface area contributed by atoms with E-state index in [2.05, 4.69) is 4.98 Å². The molecule has 2 saturated heterocycles. The highest BCUT2D eigenvalue weighted by molar-refractivity contribution is 7.89. The highest BCUT2D eigenvalue weighted by atomic mass is 32.2. The number of benzene rings is 3. The molecule has 49 heavy (non-hydrogen) atoms. The van der Waals surface area contributed by atoms with Crippen LogP contribution in [0.2, 0.25) is 0 Å². The molecule has 1 atom stereocenters. The van der Waals surface area contributed by atoms with Crippen LogP contribution in [0.15, 0.2) is 77.7 Å². The van der Waals surface area contributed by atoms with Crippen molar-refractivity contribution >= 4 is 27.4 Å². The molecule has 8 nitrogen and oxygen atoms in total. The van der Waals surface area contributed by atoms with Gasteiger partial charge < -0.3 is 9.80 Å². The lowest BCUT2D eigenvalue weighted by Crippen LogP contribution is -2.47. The molecule has 0 spiro atoms. The van der Waals surface area contributed by atoms with Crippen molar-refractivity contribution in [2.75, 3.05) is 42.5 Å². The number of para-hydroxylation sites is 1. The molecule has 2 aliphatic heterocycles. The smallest absolute Gasteiger partial charge is 0.366 e. The van der Waals surface area contributed by atoms with Crippen molar-refractivity contribution in [1.29, 1.82) is 0 Å². The van der Waals surface area contributed by atoms with E-state index in [0.29, 0.717) is 73.2 Å². The van der Waals surface area contributed by atoms with Crippen LogP contribution in [0.3, 0.4) is 0 Å². The Labute approximate surface area is 281 Å². The van der Waals surface area contributed by atoms with Gasteiger partial charge in [-0.25, -0.2) is 27.2 Å². The number of rotatable bonds is 9. The van der Waals surface area contributed by atoms with Gasteiger partial charge in [-0.15, -0.1) is 0 Å². The summed E-state index contributed by atoms with van der Waals surface area (Å²) >= 11 is 0. The molecule has 0 N–H and O–H groups in total. The van der Waals surface area contributed by atoms with Crippen LogP contribution in [0.5, 0.6) is 0 Å². The van der Waals surface area contributed by atoms with Crippen molar-refractivity contribution in [3.05, 3.63) is 101 Å². The zero-order chi connectivity index (χ0) is 34.9. The lowest BCUT2D eigenvalue weighted by Gasteiger charge is -2.36. The van der Waals surface area contributed by atoms with E-state index >= 15 is 0 Å². The monoisotopic (exact) mass is 699 g/mol. The first-order valence-electron chi connectivity index (χ1n) is 15.9. The highest BCUT2D eigenvalue weighted by Gasteiger charge is 2.40. The van der Waals surface area contributed by atoms with Gasteiger partial charge in [0.1, 0.15) is 11.6 Å². The Kier molecular flexibility index (Phi) is 9.72. The van der Waals surface area contributed by atoms with Crippen LogP contribution in [0.1, 0.15) is 36.1 Å². The van der Waals surface area contributed by atoms with Crippen LogP contribution in [-0.2, 0) is 27.4 Å². The number of ketones is 1. The second kappa shape index (κ2) is 13.8. The Morgan fingerprint density at radius 3 is 2.27 bits per heavy atom. The number of nitrogens with zero attached hydrogens (tertiary/aromatic N) is 5. The van der Waals surface area contributed by atoms with Gasteiger partial charge in [0.05, 0.1) is 27.9 Å². The lowest BCUT2D eigenvalue weighted by molar-refractivity contribution is -0.137.